The van der Waals surface area contributed by atoms with Crippen LogP contribution in [0.3, 0.4) is 0 Å². The SMILES string of the molecule is O=C(CCS(=O)(=O)c1ccc2cc(Cl)ccc2c1)N1CCC(N2Cc3nccn3C2=O)CC1. The number of rotatable bonds is 5. The minimum absolute atomic E-state index is 0.0538. The monoisotopic (exact) mass is 486 g/mol. The van der Waals surface area contributed by atoms with Gasteiger partial charge in [0.15, 0.2) is 9.84 Å². The molecule has 33 heavy (non-hydrogen) atoms. The zero-order valence-corrected chi connectivity index (χ0v) is 19.4. The number of nitrogens with zero attached hydrogens (tertiary/aromatic N) is 4. The zero-order valence-electron chi connectivity index (χ0n) is 17.9. The number of piperidine rings is 1. The van der Waals surface area contributed by atoms with Crippen LogP contribution in [0.1, 0.15) is 25.1 Å². The molecule has 172 valence electrons. The molecule has 2 aliphatic heterocycles. The number of sulfone groups is 1. The lowest BCUT2D eigenvalue weighted by Crippen LogP contribution is -2.47. The molecule has 2 amide bonds. The molecule has 10 heteroatoms. The number of fused-ring (bicyclic) bond motifs is 2. The van der Waals surface area contributed by atoms with Crippen molar-refractivity contribution >= 4 is 44.1 Å². The summed E-state index contributed by atoms with van der Waals surface area (Å²) in [6.07, 6.45) is 4.56. The number of aromatic nitrogens is 2. The molecule has 2 aliphatic rings. The van der Waals surface area contributed by atoms with E-state index in [1.807, 2.05) is 4.90 Å². The number of imidazole rings is 1. The number of hydrogen-bond acceptors (Lipinski definition) is 5. The molecule has 2 aromatic carbocycles. The second-order valence-corrected chi connectivity index (χ2v) is 11.0. The molecular weight excluding hydrogens is 464 g/mol. The molecule has 3 heterocycles. The third-order valence-electron chi connectivity index (χ3n) is 6.46. The molecule has 0 unspecified atom stereocenters. The Morgan fingerprint density at radius 3 is 2.58 bits per heavy atom. The van der Waals surface area contributed by atoms with Gasteiger partial charge in [-0.3, -0.25) is 9.36 Å². The quantitative estimate of drug-likeness (QED) is 0.551. The van der Waals surface area contributed by atoms with Crippen molar-refractivity contribution in [1.29, 1.82) is 0 Å². The zero-order chi connectivity index (χ0) is 23.2. The van der Waals surface area contributed by atoms with Gasteiger partial charge in [0, 0.05) is 43.0 Å². The summed E-state index contributed by atoms with van der Waals surface area (Å²) < 4.78 is 27.2. The maximum absolute atomic E-state index is 12.8. The summed E-state index contributed by atoms with van der Waals surface area (Å²) in [6, 6.07) is 10.2. The second kappa shape index (κ2) is 8.46. The highest BCUT2D eigenvalue weighted by Gasteiger charge is 2.35. The minimum Gasteiger partial charge on any atom is -0.343 e. The normalized spacial score (nSPS) is 17.1. The molecule has 0 aliphatic carbocycles. The first kappa shape index (κ1) is 21.9. The van der Waals surface area contributed by atoms with E-state index in [0.717, 1.165) is 16.6 Å². The van der Waals surface area contributed by atoms with E-state index in [9.17, 15) is 18.0 Å². The van der Waals surface area contributed by atoms with Gasteiger partial charge in [-0.25, -0.2) is 18.2 Å². The largest absolute Gasteiger partial charge is 0.343 e. The topological polar surface area (TPSA) is 92.6 Å². The maximum Gasteiger partial charge on any atom is 0.330 e. The van der Waals surface area contributed by atoms with Gasteiger partial charge in [0.05, 0.1) is 17.2 Å². The summed E-state index contributed by atoms with van der Waals surface area (Å²) in [5.74, 6) is 0.321. The summed E-state index contributed by atoms with van der Waals surface area (Å²) >= 11 is 5.99. The first-order valence-corrected chi connectivity index (χ1v) is 12.9. The van der Waals surface area contributed by atoms with Crippen LogP contribution >= 0.6 is 11.6 Å². The molecule has 0 atom stereocenters. The Balaban J connectivity index is 1.17. The van der Waals surface area contributed by atoms with Gasteiger partial charge in [-0.2, -0.15) is 0 Å². The molecule has 1 fully saturated rings. The summed E-state index contributed by atoms with van der Waals surface area (Å²) in [5.41, 5.74) is 0. The van der Waals surface area contributed by atoms with E-state index in [-0.39, 0.29) is 35.0 Å². The molecular formula is C23H23ClN4O4S. The van der Waals surface area contributed by atoms with Crippen LogP contribution in [-0.4, -0.2) is 64.6 Å². The Kier molecular flexibility index (Phi) is 5.62. The Hall–Kier alpha value is -2.91. The molecule has 0 bridgehead atoms. The van der Waals surface area contributed by atoms with Gasteiger partial charge in [-0.05, 0) is 47.9 Å². The lowest BCUT2D eigenvalue weighted by Gasteiger charge is -2.36. The number of halogens is 1. The molecule has 0 N–H and O–H groups in total. The van der Waals surface area contributed by atoms with Gasteiger partial charge < -0.3 is 9.80 Å². The number of carbonyl (C=O) groups is 2. The average molecular weight is 487 g/mol. The van der Waals surface area contributed by atoms with Gasteiger partial charge in [0.2, 0.25) is 5.91 Å². The first-order valence-electron chi connectivity index (χ1n) is 10.8. The van der Waals surface area contributed by atoms with Crippen molar-refractivity contribution in [2.75, 3.05) is 18.8 Å². The predicted octanol–water partition coefficient (Wildman–Crippen LogP) is 3.33. The summed E-state index contributed by atoms with van der Waals surface area (Å²) in [5, 5.41) is 2.24. The summed E-state index contributed by atoms with van der Waals surface area (Å²) in [6.45, 7) is 1.50. The highest BCUT2D eigenvalue weighted by Crippen LogP contribution is 2.26. The molecule has 8 nitrogen and oxygen atoms in total. The maximum atomic E-state index is 12.8. The number of benzene rings is 2. The van der Waals surface area contributed by atoms with Crippen molar-refractivity contribution in [2.24, 2.45) is 0 Å². The van der Waals surface area contributed by atoms with E-state index < -0.39 is 9.84 Å². The van der Waals surface area contributed by atoms with Crippen molar-refractivity contribution in [3.63, 3.8) is 0 Å². The van der Waals surface area contributed by atoms with Crippen LogP contribution in [0.4, 0.5) is 4.79 Å². The van der Waals surface area contributed by atoms with E-state index >= 15 is 0 Å². The van der Waals surface area contributed by atoms with Crippen LogP contribution in [-0.2, 0) is 21.2 Å². The van der Waals surface area contributed by atoms with Gasteiger partial charge in [0.25, 0.3) is 0 Å². The Bertz CT molecular complexity index is 1350. The molecule has 0 radical (unpaired) electrons. The van der Waals surface area contributed by atoms with E-state index in [0.29, 0.717) is 37.5 Å². The fourth-order valence-corrected chi connectivity index (χ4v) is 6.02. The highest BCUT2D eigenvalue weighted by molar-refractivity contribution is 7.91. The second-order valence-electron chi connectivity index (χ2n) is 8.46. The van der Waals surface area contributed by atoms with Crippen molar-refractivity contribution in [1.82, 2.24) is 19.4 Å². The molecule has 0 saturated carbocycles. The standard InChI is InChI=1S/C23H23ClN4O4S/c24-18-3-1-17-14-20(4-2-16(17)13-18)33(31,32)12-7-22(29)26-9-5-19(6-10-26)28-15-21-25-8-11-27(21)23(28)30/h1-4,8,11,13-14,19H,5-7,9-10,12,15H2. The van der Waals surface area contributed by atoms with Gasteiger partial charge >= 0.3 is 6.03 Å². The minimum atomic E-state index is -3.59. The fraction of sp³-hybridized carbons (Fsp3) is 0.348. The number of likely N-dealkylation sites (tertiary alicyclic amines) is 1. The van der Waals surface area contributed by atoms with Gasteiger partial charge in [0.1, 0.15) is 5.82 Å². The first-order chi connectivity index (χ1) is 15.8. The van der Waals surface area contributed by atoms with Crippen LogP contribution in [0.5, 0.6) is 0 Å². The Morgan fingerprint density at radius 1 is 1.09 bits per heavy atom. The smallest absolute Gasteiger partial charge is 0.330 e. The molecule has 1 aromatic heterocycles. The predicted molar refractivity (Wildman–Crippen MR) is 124 cm³/mol. The molecule has 0 spiro atoms. The van der Waals surface area contributed by atoms with Crippen LogP contribution < -0.4 is 0 Å². The number of amides is 2. The molecule has 1 saturated heterocycles. The van der Waals surface area contributed by atoms with Crippen molar-refractivity contribution in [3.05, 3.63) is 59.6 Å². The van der Waals surface area contributed by atoms with E-state index in [1.165, 1.54) is 0 Å². The van der Waals surface area contributed by atoms with Gasteiger partial charge in [-0.1, -0.05) is 23.7 Å². The van der Waals surface area contributed by atoms with Crippen molar-refractivity contribution < 1.29 is 18.0 Å². The molecule has 3 aromatic rings. The number of carbonyl (C=O) groups excluding carboxylic acids is 2. The van der Waals surface area contributed by atoms with Crippen molar-refractivity contribution in [3.8, 4) is 0 Å². The van der Waals surface area contributed by atoms with Crippen LogP contribution in [0.25, 0.3) is 10.8 Å². The summed E-state index contributed by atoms with van der Waals surface area (Å²) in [4.78, 5) is 33.1. The van der Waals surface area contributed by atoms with Crippen molar-refractivity contribution in [2.45, 2.75) is 36.7 Å². The average Bonchev–Trinajstić information content (AvgIpc) is 3.40. The lowest BCUT2D eigenvalue weighted by atomic mass is 10.0. The third kappa shape index (κ3) is 4.22. The van der Waals surface area contributed by atoms with Crippen LogP contribution in [0.15, 0.2) is 53.7 Å². The number of hydrogen-bond donors (Lipinski definition) is 0. The Labute approximate surface area is 196 Å². The Morgan fingerprint density at radius 2 is 1.82 bits per heavy atom. The third-order valence-corrected chi connectivity index (χ3v) is 8.41. The molecule has 5 rings (SSSR count). The lowest BCUT2D eigenvalue weighted by molar-refractivity contribution is -0.132. The van der Waals surface area contributed by atoms with E-state index in [4.69, 9.17) is 11.6 Å². The highest BCUT2D eigenvalue weighted by atomic mass is 35.5. The van der Waals surface area contributed by atoms with Crippen LogP contribution in [0, 0.1) is 0 Å². The summed E-state index contributed by atoms with van der Waals surface area (Å²) in [7, 11) is -3.59. The van der Waals surface area contributed by atoms with E-state index in [1.54, 1.807) is 58.3 Å². The van der Waals surface area contributed by atoms with E-state index in [2.05, 4.69) is 4.98 Å². The van der Waals surface area contributed by atoms with Crippen LogP contribution in [0.2, 0.25) is 5.02 Å². The van der Waals surface area contributed by atoms with Gasteiger partial charge in [-0.15, -0.1) is 0 Å². The fourth-order valence-electron chi connectivity index (χ4n) is 4.58.